The molecular weight excluding hydrogens is 307 g/mol. The van der Waals surface area contributed by atoms with Crippen LogP contribution in [-0.2, 0) is 6.42 Å². The number of aromatic nitrogens is 3. The van der Waals surface area contributed by atoms with E-state index in [2.05, 4.69) is 20.3 Å². The van der Waals surface area contributed by atoms with Crippen LogP contribution in [0.2, 0.25) is 0 Å². The van der Waals surface area contributed by atoms with Gasteiger partial charge in [-0.2, -0.15) is 0 Å². The zero-order valence-corrected chi connectivity index (χ0v) is 13.0. The summed E-state index contributed by atoms with van der Waals surface area (Å²) in [6, 6.07) is 11.5. The molecule has 3 aromatic rings. The number of hydrogen-bond donors (Lipinski definition) is 1. The predicted octanol–water partition coefficient (Wildman–Crippen LogP) is 3.16. The summed E-state index contributed by atoms with van der Waals surface area (Å²) in [5.41, 5.74) is 2.04. The molecule has 0 radical (unpaired) electrons. The van der Waals surface area contributed by atoms with Crippen LogP contribution in [0.4, 0.5) is 10.2 Å². The molecule has 1 aromatic carbocycles. The second-order valence-corrected chi connectivity index (χ2v) is 5.30. The van der Waals surface area contributed by atoms with Gasteiger partial charge in [0.2, 0.25) is 0 Å². The maximum Gasteiger partial charge on any atom is 0.275 e. The molecule has 0 aliphatic carbocycles. The van der Waals surface area contributed by atoms with Crippen LogP contribution in [0.1, 0.15) is 27.4 Å². The van der Waals surface area contributed by atoms with E-state index in [1.165, 1.54) is 12.1 Å². The molecule has 2 aromatic heterocycles. The Morgan fingerprint density at radius 3 is 2.71 bits per heavy atom. The first-order valence-electron chi connectivity index (χ1n) is 7.40. The van der Waals surface area contributed by atoms with Gasteiger partial charge in [-0.05, 0) is 48.7 Å². The SMILES string of the molecule is Cc1nccc(NC(=O)c2ccc(Cc3cccc(F)c3)cn2)n1. The lowest BCUT2D eigenvalue weighted by atomic mass is 10.1. The molecule has 24 heavy (non-hydrogen) atoms. The highest BCUT2D eigenvalue weighted by atomic mass is 19.1. The topological polar surface area (TPSA) is 67.8 Å². The molecule has 6 heteroatoms. The van der Waals surface area contributed by atoms with Crippen molar-refractivity contribution in [3.63, 3.8) is 0 Å². The van der Waals surface area contributed by atoms with E-state index in [0.717, 1.165) is 11.1 Å². The predicted molar refractivity (Wildman–Crippen MR) is 88.2 cm³/mol. The van der Waals surface area contributed by atoms with Gasteiger partial charge in [0.1, 0.15) is 23.2 Å². The Morgan fingerprint density at radius 2 is 2.00 bits per heavy atom. The third-order valence-corrected chi connectivity index (χ3v) is 3.37. The number of halogens is 1. The number of hydrogen-bond acceptors (Lipinski definition) is 4. The Kier molecular flexibility index (Phi) is 4.56. The Labute approximate surface area is 138 Å². The molecule has 0 aliphatic rings. The Hall–Kier alpha value is -3.15. The third-order valence-electron chi connectivity index (χ3n) is 3.37. The van der Waals surface area contributed by atoms with Gasteiger partial charge in [0, 0.05) is 12.4 Å². The molecule has 0 spiro atoms. The van der Waals surface area contributed by atoms with Crippen LogP contribution in [0.5, 0.6) is 0 Å². The van der Waals surface area contributed by atoms with Crippen LogP contribution in [-0.4, -0.2) is 20.9 Å². The highest BCUT2D eigenvalue weighted by molar-refractivity contribution is 6.02. The molecule has 0 aliphatic heterocycles. The van der Waals surface area contributed by atoms with Gasteiger partial charge >= 0.3 is 0 Å². The quantitative estimate of drug-likeness (QED) is 0.801. The number of amides is 1. The molecule has 0 atom stereocenters. The van der Waals surface area contributed by atoms with Gasteiger partial charge in [0.05, 0.1) is 0 Å². The van der Waals surface area contributed by atoms with Gasteiger partial charge in [-0.3, -0.25) is 9.78 Å². The summed E-state index contributed by atoms with van der Waals surface area (Å²) >= 11 is 0. The van der Waals surface area contributed by atoms with Crippen molar-refractivity contribution < 1.29 is 9.18 Å². The van der Waals surface area contributed by atoms with Crippen LogP contribution >= 0.6 is 0 Å². The van der Waals surface area contributed by atoms with E-state index >= 15 is 0 Å². The summed E-state index contributed by atoms with van der Waals surface area (Å²) in [7, 11) is 0. The van der Waals surface area contributed by atoms with Crippen molar-refractivity contribution in [2.24, 2.45) is 0 Å². The van der Waals surface area contributed by atoms with E-state index in [0.29, 0.717) is 18.1 Å². The van der Waals surface area contributed by atoms with Crippen molar-refractivity contribution in [1.29, 1.82) is 0 Å². The lowest BCUT2D eigenvalue weighted by molar-refractivity contribution is 0.102. The van der Waals surface area contributed by atoms with Crippen molar-refractivity contribution in [1.82, 2.24) is 15.0 Å². The number of rotatable bonds is 4. The number of nitrogens with one attached hydrogen (secondary N) is 1. The van der Waals surface area contributed by atoms with Crippen molar-refractivity contribution in [2.75, 3.05) is 5.32 Å². The van der Waals surface area contributed by atoms with Crippen molar-refractivity contribution in [2.45, 2.75) is 13.3 Å². The van der Waals surface area contributed by atoms with E-state index in [-0.39, 0.29) is 17.4 Å². The standard InChI is InChI=1S/C18H15FN4O/c1-12-20-8-7-17(22-12)23-18(24)16-6-5-14(11-21-16)9-13-3-2-4-15(19)10-13/h2-8,10-11H,9H2,1H3,(H,20,22,23,24). The number of carbonyl (C=O) groups is 1. The average Bonchev–Trinajstić information content (AvgIpc) is 2.55. The second-order valence-electron chi connectivity index (χ2n) is 5.30. The zero-order valence-electron chi connectivity index (χ0n) is 13.0. The molecule has 2 heterocycles. The van der Waals surface area contributed by atoms with Crippen molar-refractivity contribution in [3.05, 3.63) is 83.3 Å². The number of pyridine rings is 1. The average molecular weight is 322 g/mol. The number of benzene rings is 1. The summed E-state index contributed by atoms with van der Waals surface area (Å²) in [5, 5.41) is 2.67. The summed E-state index contributed by atoms with van der Waals surface area (Å²) < 4.78 is 13.2. The molecule has 0 unspecified atom stereocenters. The summed E-state index contributed by atoms with van der Waals surface area (Å²) in [5.74, 6) is 0.395. The fourth-order valence-corrected chi connectivity index (χ4v) is 2.25. The van der Waals surface area contributed by atoms with E-state index in [4.69, 9.17) is 0 Å². The maximum absolute atomic E-state index is 13.2. The second kappa shape index (κ2) is 6.95. The van der Waals surface area contributed by atoms with E-state index in [9.17, 15) is 9.18 Å². The van der Waals surface area contributed by atoms with Crippen molar-refractivity contribution >= 4 is 11.7 Å². The monoisotopic (exact) mass is 322 g/mol. The molecule has 0 fully saturated rings. The molecule has 5 nitrogen and oxygen atoms in total. The van der Waals surface area contributed by atoms with Crippen LogP contribution in [0.15, 0.2) is 54.9 Å². The lowest BCUT2D eigenvalue weighted by Crippen LogP contribution is -2.15. The van der Waals surface area contributed by atoms with Crippen LogP contribution in [0, 0.1) is 12.7 Å². The minimum Gasteiger partial charge on any atom is -0.305 e. The summed E-state index contributed by atoms with van der Waals surface area (Å²) in [6.45, 7) is 1.75. The highest BCUT2D eigenvalue weighted by Gasteiger charge is 2.09. The molecule has 120 valence electrons. The summed E-state index contributed by atoms with van der Waals surface area (Å²) in [4.78, 5) is 24.4. The molecule has 0 saturated heterocycles. The Balaban J connectivity index is 1.68. The smallest absolute Gasteiger partial charge is 0.275 e. The van der Waals surface area contributed by atoms with Crippen LogP contribution in [0.25, 0.3) is 0 Å². The fraction of sp³-hybridized carbons (Fsp3) is 0.111. The first kappa shape index (κ1) is 15.7. The van der Waals surface area contributed by atoms with Crippen LogP contribution in [0.3, 0.4) is 0 Å². The third kappa shape index (κ3) is 3.98. The maximum atomic E-state index is 13.2. The van der Waals surface area contributed by atoms with Crippen LogP contribution < -0.4 is 5.32 Å². The first-order chi connectivity index (χ1) is 11.6. The van der Waals surface area contributed by atoms with Gasteiger partial charge in [0.25, 0.3) is 5.91 Å². The largest absolute Gasteiger partial charge is 0.305 e. The van der Waals surface area contributed by atoms with E-state index in [1.54, 1.807) is 43.6 Å². The highest BCUT2D eigenvalue weighted by Crippen LogP contribution is 2.11. The van der Waals surface area contributed by atoms with E-state index < -0.39 is 0 Å². The molecule has 0 bridgehead atoms. The zero-order chi connectivity index (χ0) is 16.9. The Morgan fingerprint density at radius 1 is 1.12 bits per heavy atom. The normalized spacial score (nSPS) is 10.4. The molecule has 1 N–H and O–H groups in total. The lowest BCUT2D eigenvalue weighted by Gasteiger charge is -2.06. The molecule has 3 rings (SSSR count). The number of nitrogens with zero attached hydrogens (tertiary/aromatic N) is 3. The van der Waals surface area contributed by atoms with Gasteiger partial charge in [-0.25, -0.2) is 14.4 Å². The molecule has 1 amide bonds. The number of aryl methyl sites for hydroxylation is 1. The minimum atomic E-state index is -0.342. The van der Waals surface area contributed by atoms with Gasteiger partial charge in [0.15, 0.2) is 0 Å². The fourth-order valence-electron chi connectivity index (χ4n) is 2.25. The number of carbonyl (C=O) groups excluding carboxylic acids is 1. The van der Waals surface area contributed by atoms with Crippen molar-refractivity contribution in [3.8, 4) is 0 Å². The van der Waals surface area contributed by atoms with Gasteiger partial charge in [-0.1, -0.05) is 18.2 Å². The minimum absolute atomic E-state index is 0.267. The number of anilines is 1. The van der Waals surface area contributed by atoms with E-state index in [1.807, 2.05) is 6.07 Å². The Bertz CT molecular complexity index is 865. The van der Waals surface area contributed by atoms with Gasteiger partial charge in [-0.15, -0.1) is 0 Å². The molecular formula is C18H15FN4O. The first-order valence-corrected chi connectivity index (χ1v) is 7.40. The molecule has 0 saturated carbocycles. The van der Waals surface area contributed by atoms with Gasteiger partial charge < -0.3 is 5.32 Å². The summed E-state index contributed by atoms with van der Waals surface area (Å²) in [6.07, 6.45) is 3.75.